The van der Waals surface area contributed by atoms with Gasteiger partial charge in [0.05, 0.1) is 7.11 Å². The summed E-state index contributed by atoms with van der Waals surface area (Å²) in [5.41, 5.74) is 2.30. The molecule has 0 unspecified atom stereocenters. The van der Waals surface area contributed by atoms with Gasteiger partial charge in [0.15, 0.2) is 11.6 Å². The molecule has 4 aromatic rings. The quantitative estimate of drug-likeness (QED) is 0.454. The maximum Gasteiger partial charge on any atom is 0.187 e. The lowest BCUT2D eigenvalue weighted by Crippen LogP contribution is -1.88. The number of imidazole rings is 1. The Morgan fingerprint density at radius 2 is 1.69 bits per heavy atom. The Balaban J connectivity index is 1.92. The van der Waals surface area contributed by atoms with E-state index < -0.39 is 5.82 Å². The molecule has 0 saturated carbocycles. The number of hydrogen-bond acceptors (Lipinski definition) is 4. The second-order valence-corrected chi connectivity index (χ2v) is 5.56. The topological polar surface area (TPSA) is 51.2 Å². The first-order chi connectivity index (χ1) is 12.8. The van der Waals surface area contributed by atoms with E-state index >= 15 is 0 Å². The minimum absolute atomic E-state index is 0.171. The largest absolute Gasteiger partial charge is 0.496 e. The van der Waals surface area contributed by atoms with Crippen molar-refractivity contribution in [2.24, 2.45) is 10.2 Å². The highest BCUT2D eigenvalue weighted by Gasteiger charge is 2.17. The Hall–Kier alpha value is -3.54. The van der Waals surface area contributed by atoms with Crippen molar-refractivity contribution in [3.8, 4) is 17.0 Å². The number of ether oxygens (including phenoxy) is 1. The molecule has 0 spiro atoms. The maximum atomic E-state index is 13.9. The Morgan fingerprint density at radius 3 is 2.54 bits per heavy atom. The number of methoxy groups -OCH3 is 1. The zero-order valence-electron chi connectivity index (χ0n) is 14.0. The Labute approximate surface area is 149 Å². The first kappa shape index (κ1) is 16.0. The second kappa shape index (κ2) is 6.76. The van der Waals surface area contributed by atoms with Gasteiger partial charge in [-0.1, -0.05) is 30.3 Å². The van der Waals surface area contributed by atoms with Crippen LogP contribution in [0.4, 0.5) is 15.9 Å². The fourth-order valence-electron chi connectivity index (χ4n) is 2.73. The molecule has 0 atom stereocenters. The summed E-state index contributed by atoms with van der Waals surface area (Å²) in [6.45, 7) is 0. The summed E-state index contributed by atoms with van der Waals surface area (Å²) in [5.74, 6) is 0.760. The molecule has 0 bridgehead atoms. The average Bonchev–Trinajstić information content (AvgIpc) is 3.06. The minimum atomic E-state index is -0.427. The van der Waals surface area contributed by atoms with Crippen molar-refractivity contribution < 1.29 is 9.13 Å². The Kier molecular flexibility index (Phi) is 4.15. The third kappa shape index (κ3) is 2.82. The van der Waals surface area contributed by atoms with Crippen molar-refractivity contribution >= 4 is 17.2 Å². The van der Waals surface area contributed by atoms with Crippen LogP contribution in [0.15, 0.2) is 83.2 Å². The molecule has 0 radical (unpaired) electrons. The number of para-hydroxylation sites is 1. The number of hydrogen-bond donors (Lipinski definition) is 0. The number of halogens is 1. The van der Waals surface area contributed by atoms with Crippen molar-refractivity contribution in [1.82, 2.24) is 9.38 Å². The van der Waals surface area contributed by atoms with Gasteiger partial charge in [0.25, 0.3) is 0 Å². The number of azo groups is 1. The molecular formula is C20H15FN4O. The molecule has 0 aliphatic heterocycles. The second-order valence-electron chi connectivity index (χ2n) is 5.56. The molecule has 128 valence electrons. The first-order valence-corrected chi connectivity index (χ1v) is 8.04. The van der Waals surface area contributed by atoms with Crippen molar-refractivity contribution in [2.75, 3.05) is 7.11 Å². The van der Waals surface area contributed by atoms with Crippen molar-refractivity contribution in [3.05, 3.63) is 78.7 Å². The standard InChI is InChI=1S/C20H15FN4O/c1-26-17-11-5-2-8-14(17)19-20(25-13-7-6-12-18(25)22-19)24-23-16-10-4-3-9-15(16)21/h2-13H,1H3. The predicted octanol–water partition coefficient (Wildman–Crippen LogP) is 5.56. The van der Waals surface area contributed by atoms with E-state index in [1.165, 1.54) is 6.07 Å². The van der Waals surface area contributed by atoms with E-state index in [1.54, 1.807) is 25.3 Å². The van der Waals surface area contributed by atoms with E-state index in [0.717, 1.165) is 11.2 Å². The predicted molar refractivity (Wildman–Crippen MR) is 97.8 cm³/mol. The molecule has 0 saturated heterocycles. The smallest absolute Gasteiger partial charge is 0.187 e. The van der Waals surface area contributed by atoms with Gasteiger partial charge in [0.2, 0.25) is 0 Å². The molecule has 26 heavy (non-hydrogen) atoms. The van der Waals surface area contributed by atoms with Gasteiger partial charge in [-0.15, -0.1) is 10.2 Å². The lowest BCUT2D eigenvalue weighted by Gasteiger charge is -2.06. The number of benzene rings is 2. The van der Waals surface area contributed by atoms with E-state index in [2.05, 4.69) is 15.2 Å². The van der Waals surface area contributed by atoms with E-state index in [1.807, 2.05) is 53.1 Å². The SMILES string of the molecule is COc1ccccc1-c1nc2ccccn2c1N=Nc1ccccc1F. The molecule has 4 rings (SSSR count). The maximum absolute atomic E-state index is 13.9. The molecule has 0 fully saturated rings. The highest BCUT2D eigenvalue weighted by Crippen LogP contribution is 2.37. The highest BCUT2D eigenvalue weighted by atomic mass is 19.1. The normalized spacial score (nSPS) is 11.3. The van der Waals surface area contributed by atoms with E-state index in [4.69, 9.17) is 4.74 Å². The fourth-order valence-corrected chi connectivity index (χ4v) is 2.73. The van der Waals surface area contributed by atoms with Crippen LogP contribution in [0.3, 0.4) is 0 Å². The van der Waals surface area contributed by atoms with Gasteiger partial charge in [-0.25, -0.2) is 9.37 Å². The fraction of sp³-hybridized carbons (Fsp3) is 0.0500. The third-order valence-corrected chi connectivity index (χ3v) is 3.97. The molecule has 0 aliphatic rings. The molecule has 2 aromatic heterocycles. The summed E-state index contributed by atoms with van der Waals surface area (Å²) >= 11 is 0. The lowest BCUT2D eigenvalue weighted by molar-refractivity contribution is 0.416. The van der Waals surface area contributed by atoms with Crippen LogP contribution in [0.2, 0.25) is 0 Å². The van der Waals surface area contributed by atoms with Crippen molar-refractivity contribution in [2.45, 2.75) is 0 Å². The number of fused-ring (bicyclic) bond motifs is 1. The van der Waals surface area contributed by atoms with Gasteiger partial charge in [-0.05, 0) is 36.4 Å². The number of nitrogens with zero attached hydrogens (tertiary/aromatic N) is 4. The van der Waals surface area contributed by atoms with E-state index in [-0.39, 0.29) is 5.69 Å². The highest BCUT2D eigenvalue weighted by molar-refractivity contribution is 5.78. The van der Waals surface area contributed by atoms with Crippen LogP contribution in [0.5, 0.6) is 5.75 Å². The van der Waals surface area contributed by atoms with Crippen LogP contribution in [-0.4, -0.2) is 16.5 Å². The summed E-state index contributed by atoms with van der Waals surface area (Å²) in [5, 5.41) is 8.40. The Bertz CT molecular complexity index is 1100. The minimum Gasteiger partial charge on any atom is -0.496 e. The van der Waals surface area contributed by atoms with Crippen LogP contribution in [-0.2, 0) is 0 Å². The molecular weight excluding hydrogens is 331 g/mol. The van der Waals surface area contributed by atoms with Gasteiger partial charge < -0.3 is 4.74 Å². The molecule has 0 amide bonds. The zero-order valence-corrected chi connectivity index (χ0v) is 14.0. The molecule has 5 nitrogen and oxygen atoms in total. The molecule has 6 heteroatoms. The van der Waals surface area contributed by atoms with E-state index in [0.29, 0.717) is 17.3 Å². The molecule has 0 N–H and O–H groups in total. The monoisotopic (exact) mass is 346 g/mol. The molecule has 2 aromatic carbocycles. The number of pyridine rings is 1. The van der Waals surface area contributed by atoms with Gasteiger partial charge in [0, 0.05) is 11.8 Å². The average molecular weight is 346 g/mol. The summed E-state index contributed by atoms with van der Waals surface area (Å²) in [6.07, 6.45) is 1.84. The van der Waals surface area contributed by atoms with Gasteiger partial charge >= 0.3 is 0 Å². The lowest BCUT2D eigenvalue weighted by atomic mass is 10.1. The first-order valence-electron chi connectivity index (χ1n) is 8.04. The van der Waals surface area contributed by atoms with Crippen LogP contribution >= 0.6 is 0 Å². The van der Waals surface area contributed by atoms with Crippen LogP contribution in [0.25, 0.3) is 16.9 Å². The summed E-state index contributed by atoms with van der Waals surface area (Å²) < 4.78 is 21.1. The summed E-state index contributed by atoms with van der Waals surface area (Å²) in [7, 11) is 1.61. The third-order valence-electron chi connectivity index (χ3n) is 3.97. The van der Waals surface area contributed by atoms with Gasteiger partial charge in [-0.2, -0.15) is 0 Å². The van der Waals surface area contributed by atoms with Crippen molar-refractivity contribution in [1.29, 1.82) is 0 Å². The van der Waals surface area contributed by atoms with Gasteiger partial charge in [-0.3, -0.25) is 4.40 Å². The van der Waals surface area contributed by atoms with Crippen LogP contribution in [0, 0.1) is 5.82 Å². The zero-order chi connectivity index (χ0) is 17.9. The summed E-state index contributed by atoms with van der Waals surface area (Å²) in [4.78, 5) is 4.66. The molecule has 2 heterocycles. The Morgan fingerprint density at radius 1 is 0.923 bits per heavy atom. The summed E-state index contributed by atoms with van der Waals surface area (Å²) in [6, 6.07) is 19.5. The van der Waals surface area contributed by atoms with Crippen LogP contribution < -0.4 is 4.74 Å². The number of rotatable bonds is 4. The van der Waals surface area contributed by atoms with E-state index in [9.17, 15) is 4.39 Å². The van der Waals surface area contributed by atoms with Crippen molar-refractivity contribution in [3.63, 3.8) is 0 Å². The molecule has 0 aliphatic carbocycles. The van der Waals surface area contributed by atoms with Crippen LogP contribution in [0.1, 0.15) is 0 Å². The van der Waals surface area contributed by atoms with Gasteiger partial charge in [0.1, 0.15) is 22.8 Å². The number of aromatic nitrogens is 2.